The molecule has 0 aliphatic carbocycles. The first-order chi connectivity index (χ1) is 16.1. The second-order valence-corrected chi connectivity index (χ2v) is 7.34. The van der Waals surface area contributed by atoms with E-state index in [0.717, 1.165) is 37.0 Å². The van der Waals surface area contributed by atoms with E-state index in [0.29, 0.717) is 24.5 Å². The van der Waals surface area contributed by atoms with Gasteiger partial charge in [0.1, 0.15) is 23.1 Å². The molecule has 0 aliphatic rings. The number of para-hydroxylation sites is 1. The van der Waals surface area contributed by atoms with E-state index in [-0.39, 0.29) is 5.57 Å². The van der Waals surface area contributed by atoms with Crippen molar-refractivity contribution in [3.8, 4) is 17.6 Å². The second-order valence-electron chi connectivity index (χ2n) is 7.34. The quantitative estimate of drug-likeness (QED) is 0.157. The zero-order chi connectivity index (χ0) is 23.9. The number of nitrogens with one attached hydrogen (secondary N) is 1. The first kappa shape index (κ1) is 25.4. The maximum atomic E-state index is 12.2. The van der Waals surface area contributed by atoms with E-state index in [1.165, 1.54) is 12.2 Å². The van der Waals surface area contributed by atoms with Gasteiger partial charge in [0.25, 0.3) is 5.91 Å². The summed E-state index contributed by atoms with van der Waals surface area (Å²) in [6.45, 7) is 5.29. The highest BCUT2D eigenvalue weighted by Gasteiger charge is 2.08. The summed E-state index contributed by atoms with van der Waals surface area (Å²) in [7, 11) is 0. The largest absolute Gasteiger partial charge is 0.493 e. The van der Waals surface area contributed by atoms with Gasteiger partial charge in [-0.1, -0.05) is 57.0 Å². The van der Waals surface area contributed by atoms with Crippen molar-refractivity contribution < 1.29 is 19.1 Å². The third-order valence-corrected chi connectivity index (χ3v) is 4.66. The Hall–Kier alpha value is -3.85. The topological polar surface area (TPSA) is 88.4 Å². The fourth-order valence-corrected chi connectivity index (χ4v) is 2.81. The van der Waals surface area contributed by atoms with Gasteiger partial charge in [-0.3, -0.25) is 4.79 Å². The summed E-state index contributed by atoms with van der Waals surface area (Å²) in [6.07, 6.45) is 8.34. The Morgan fingerprint density at radius 3 is 2.45 bits per heavy atom. The van der Waals surface area contributed by atoms with Crippen LogP contribution in [0.15, 0.2) is 60.2 Å². The standard InChI is InChI=1S/C27H30N2O4/c1-3-5-17-29-27(31)23(20-28)19-21-11-14-24(15-12-21)33-26(30)16-13-22-9-7-8-10-25(22)32-18-6-4-2/h7-16,19H,3-6,17-18H2,1-2H3,(H,29,31)/b16-13+,23-19+. The smallest absolute Gasteiger partial charge is 0.336 e. The molecule has 0 saturated heterocycles. The summed E-state index contributed by atoms with van der Waals surface area (Å²) < 4.78 is 11.1. The highest BCUT2D eigenvalue weighted by Crippen LogP contribution is 2.20. The third-order valence-electron chi connectivity index (χ3n) is 4.66. The van der Waals surface area contributed by atoms with E-state index in [2.05, 4.69) is 12.2 Å². The Balaban J connectivity index is 1.97. The number of benzene rings is 2. The van der Waals surface area contributed by atoms with E-state index in [4.69, 9.17) is 9.47 Å². The van der Waals surface area contributed by atoms with Crippen LogP contribution in [0.5, 0.6) is 11.5 Å². The van der Waals surface area contributed by atoms with Gasteiger partial charge in [-0.15, -0.1) is 0 Å². The van der Waals surface area contributed by atoms with Crippen LogP contribution in [0, 0.1) is 11.3 Å². The molecule has 172 valence electrons. The number of nitrogens with zero attached hydrogens (tertiary/aromatic N) is 1. The van der Waals surface area contributed by atoms with Crippen molar-refractivity contribution in [3.63, 3.8) is 0 Å². The van der Waals surface area contributed by atoms with Crippen molar-refractivity contribution in [2.75, 3.05) is 13.2 Å². The zero-order valence-electron chi connectivity index (χ0n) is 19.2. The van der Waals surface area contributed by atoms with Crippen LogP contribution in [0.2, 0.25) is 0 Å². The molecule has 0 atom stereocenters. The molecule has 1 amide bonds. The molecule has 6 heteroatoms. The normalized spacial score (nSPS) is 11.1. The number of amides is 1. The van der Waals surface area contributed by atoms with Gasteiger partial charge in [-0.05, 0) is 48.8 Å². The zero-order valence-corrected chi connectivity index (χ0v) is 19.2. The van der Waals surface area contributed by atoms with Crippen molar-refractivity contribution >= 4 is 24.0 Å². The number of hydrogen-bond donors (Lipinski definition) is 1. The number of ether oxygens (including phenoxy) is 2. The molecule has 0 bridgehead atoms. The molecule has 0 aromatic heterocycles. The summed E-state index contributed by atoms with van der Waals surface area (Å²) in [6, 6.07) is 16.0. The predicted molar refractivity (Wildman–Crippen MR) is 129 cm³/mol. The lowest BCUT2D eigenvalue weighted by molar-refractivity contribution is -0.128. The van der Waals surface area contributed by atoms with Crippen LogP contribution < -0.4 is 14.8 Å². The average molecular weight is 447 g/mol. The van der Waals surface area contributed by atoms with Crippen molar-refractivity contribution in [3.05, 3.63) is 71.3 Å². The molecule has 0 saturated carbocycles. The van der Waals surface area contributed by atoms with Crippen molar-refractivity contribution in [1.29, 1.82) is 5.26 Å². The van der Waals surface area contributed by atoms with Gasteiger partial charge in [-0.25, -0.2) is 4.79 Å². The Labute approximate surface area is 195 Å². The molecule has 2 aromatic rings. The molecular weight excluding hydrogens is 416 g/mol. The Kier molecular flexibility index (Phi) is 11.0. The van der Waals surface area contributed by atoms with E-state index < -0.39 is 11.9 Å². The third kappa shape index (κ3) is 9.04. The van der Waals surface area contributed by atoms with Gasteiger partial charge in [0.2, 0.25) is 0 Å². The number of nitriles is 1. The lowest BCUT2D eigenvalue weighted by Crippen LogP contribution is -2.25. The van der Waals surface area contributed by atoms with Gasteiger partial charge in [-0.2, -0.15) is 5.26 Å². The Morgan fingerprint density at radius 1 is 1.03 bits per heavy atom. The SMILES string of the molecule is CCCCNC(=O)/C(C#N)=C/c1ccc(OC(=O)/C=C/c2ccccc2OCCCC)cc1. The summed E-state index contributed by atoms with van der Waals surface area (Å²) in [5.74, 6) is 0.165. The lowest BCUT2D eigenvalue weighted by atomic mass is 10.1. The molecule has 0 fully saturated rings. The van der Waals surface area contributed by atoms with Gasteiger partial charge in [0, 0.05) is 18.2 Å². The molecule has 33 heavy (non-hydrogen) atoms. The first-order valence-corrected chi connectivity index (χ1v) is 11.2. The van der Waals surface area contributed by atoms with Crippen LogP contribution in [0.3, 0.4) is 0 Å². The number of esters is 1. The van der Waals surface area contributed by atoms with Crippen molar-refractivity contribution in [2.45, 2.75) is 39.5 Å². The van der Waals surface area contributed by atoms with Crippen LogP contribution >= 0.6 is 0 Å². The summed E-state index contributed by atoms with van der Waals surface area (Å²) in [5.41, 5.74) is 1.48. The molecule has 0 aliphatic heterocycles. The lowest BCUT2D eigenvalue weighted by Gasteiger charge is -2.08. The Morgan fingerprint density at radius 2 is 1.76 bits per heavy atom. The first-order valence-electron chi connectivity index (χ1n) is 11.2. The maximum absolute atomic E-state index is 12.2. The summed E-state index contributed by atoms with van der Waals surface area (Å²) >= 11 is 0. The minimum Gasteiger partial charge on any atom is -0.493 e. The van der Waals surface area contributed by atoms with Crippen molar-refractivity contribution in [2.24, 2.45) is 0 Å². The number of hydrogen-bond acceptors (Lipinski definition) is 5. The van der Waals surface area contributed by atoms with Crippen LogP contribution in [-0.2, 0) is 9.59 Å². The number of carbonyl (C=O) groups is 2. The molecule has 2 rings (SSSR count). The molecule has 1 N–H and O–H groups in total. The number of carbonyl (C=O) groups excluding carboxylic acids is 2. The molecule has 0 heterocycles. The van der Waals surface area contributed by atoms with Gasteiger partial charge in [0.05, 0.1) is 6.61 Å². The Bertz CT molecular complexity index is 1020. The fraction of sp³-hybridized carbons (Fsp3) is 0.296. The van der Waals surface area contributed by atoms with E-state index in [1.54, 1.807) is 30.3 Å². The highest BCUT2D eigenvalue weighted by atomic mass is 16.5. The molecular formula is C27H30N2O4. The molecule has 0 radical (unpaired) electrons. The predicted octanol–water partition coefficient (Wildman–Crippen LogP) is 5.31. The van der Waals surface area contributed by atoms with E-state index >= 15 is 0 Å². The highest BCUT2D eigenvalue weighted by molar-refractivity contribution is 6.01. The number of unbranched alkanes of at least 4 members (excludes halogenated alkanes) is 2. The van der Waals surface area contributed by atoms with Gasteiger partial charge >= 0.3 is 5.97 Å². The number of rotatable bonds is 12. The maximum Gasteiger partial charge on any atom is 0.336 e. The van der Waals surface area contributed by atoms with Crippen molar-refractivity contribution in [1.82, 2.24) is 5.32 Å². The molecule has 2 aromatic carbocycles. The van der Waals surface area contributed by atoms with E-state index in [9.17, 15) is 14.9 Å². The van der Waals surface area contributed by atoms with Crippen LogP contribution in [-0.4, -0.2) is 25.0 Å². The van der Waals surface area contributed by atoms with Crippen LogP contribution in [0.1, 0.15) is 50.7 Å². The summed E-state index contributed by atoms with van der Waals surface area (Å²) in [5, 5.41) is 12.0. The van der Waals surface area contributed by atoms with Crippen LogP contribution in [0.4, 0.5) is 0 Å². The fourth-order valence-electron chi connectivity index (χ4n) is 2.81. The monoisotopic (exact) mass is 446 g/mol. The average Bonchev–Trinajstić information content (AvgIpc) is 2.83. The molecule has 6 nitrogen and oxygen atoms in total. The summed E-state index contributed by atoms with van der Waals surface area (Å²) in [4.78, 5) is 24.3. The second kappa shape index (κ2) is 14.3. The molecule has 0 spiro atoms. The van der Waals surface area contributed by atoms with E-state index in [1.807, 2.05) is 37.3 Å². The molecule has 0 unspecified atom stereocenters. The van der Waals surface area contributed by atoms with Crippen LogP contribution in [0.25, 0.3) is 12.2 Å². The van der Waals surface area contributed by atoms with Gasteiger partial charge in [0.15, 0.2) is 0 Å². The minimum absolute atomic E-state index is 0.0265. The minimum atomic E-state index is -0.519. The van der Waals surface area contributed by atoms with Gasteiger partial charge < -0.3 is 14.8 Å².